The Morgan fingerprint density at radius 2 is 1.71 bits per heavy atom. The molecule has 1 aliphatic rings. The molecule has 0 bridgehead atoms. The summed E-state index contributed by atoms with van der Waals surface area (Å²) in [4.78, 5) is 32.4. The van der Waals surface area contributed by atoms with Crippen molar-refractivity contribution in [2.24, 2.45) is 4.99 Å². The number of allylic oxidation sites excluding steroid dienone is 1. The van der Waals surface area contributed by atoms with Gasteiger partial charge in [-0.05, 0) is 71.2 Å². The Kier molecular flexibility index (Phi) is 9.65. The Bertz CT molecular complexity index is 1760. The molecule has 3 aromatic rings. The zero-order valence-electron chi connectivity index (χ0n) is 23.9. The summed E-state index contributed by atoms with van der Waals surface area (Å²) >= 11 is 4.69. The number of hydrogen-bond acceptors (Lipinski definition) is 10. The number of halogens is 1. The Morgan fingerprint density at radius 3 is 2.29 bits per heavy atom. The van der Waals surface area contributed by atoms with Crippen molar-refractivity contribution in [2.75, 3.05) is 41.7 Å². The number of carbonyl (C=O) groups is 1. The fourth-order valence-corrected chi connectivity index (χ4v) is 6.22. The van der Waals surface area contributed by atoms with Gasteiger partial charge in [-0.15, -0.1) is 6.42 Å². The predicted octanol–water partition coefficient (Wildman–Crippen LogP) is 3.61. The highest BCUT2D eigenvalue weighted by molar-refractivity contribution is 9.10. The van der Waals surface area contributed by atoms with Gasteiger partial charge < -0.3 is 28.4 Å². The van der Waals surface area contributed by atoms with E-state index in [0.717, 1.165) is 0 Å². The normalized spacial score (nSPS) is 14.4. The number of ether oxygens (including phenoxy) is 6. The number of nitrogens with zero attached hydrogens (tertiary/aromatic N) is 2. The number of fused-ring (bicyclic) bond motifs is 1. The third kappa shape index (κ3) is 5.75. The molecule has 0 spiro atoms. The molecule has 10 nitrogen and oxygen atoms in total. The molecule has 0 saturated heterocycles. The highest BCUT2D eigenvalue weighted by Gasteiger charge is 2.34. The van der Waals surface area contributed by atoms with Gasteiger partial charge in [-0.1, -0.05) is 17.3 Å². The summed E-state index contributed by atoms with van der Waals surface area (Å²) in [6.07, 6.45) is 7.06. The lowest BCUT2D eigenvalue weighted by molar-refractivity contribution is -0.139. The first-order valence-electron chi connectivity index (χ1n) is 12.7. The first-order valence-corrected chi connectivity index (χ1v) is 14.3. The maximum atomic E-state index is 14.0. The van der Waals surface area contributed by atoms with Crippen LogP contribution in [0.3, 0.4) is 0 Å². The molecule has 0 amide bonds. The molecular formula is C30H29BrN2O8S. The van der Waals surface area contributed by atoms with Crippen LogP contribution in [0.2, 0.25) is 0 Å². The van der Waals surface area contributed by atoms with E-state index in [1.54, 1.807) is 44.2 Å². The van der Waals surface area contributed by atoms with Crippen molar-refractivity contribution < 1.29 is 33.2 Å². The number of esters is 1. The molecule has 4 rings (SSSR count). The average Bonchev–Trinajstić information content (AvgIpc) is 3.28. The van der Waals surface area contributed by atoms with Gasteiger partial charge in [0.2, 0.25) is 5.75 Å². The molecule has 0 radical (unpaired) electrons. The van der Waals surface area contributed by atoms with Gasteiger partial charge in [-0.2, -0.15) is 0 Å². The number of rotatable bonds is 10. The number of carbonyl (C=O) groups excluding carboxylic acids is 1. The van der Waals surface area contributed by atoms with Crippen LogP contribution >= 0.6 is 27.3 Å². The van der Waals surface area contributed by atoms with Crippen LogP contribution in [-0.4, -0.2) is 52.2 Å². The van der Waals surface area contributed by atoms with Gasteiger partial charge in [-0.3, -0.25) is 9.36 Å². The predicted molar refractivity (Wildman–Crippen MR) is 162 cm³/mol. The number of hydrogen-bond donors (Lipinski definition) is 0. The second-order valence-electron chi connectivity index (χ2n) is 8.79. The van der Waals surface area contributed by atoms with Crippen molar-refractivity contribution in [1.82, 2.24) is 4.57 Å². The van der Waals surface area contributed by atoms with E-state index in [1.807, 2.05) is 0 Å². The molecule has 1 atom stereocenters. The summed E-state index contributed by atoms with van der Waals surface area (Å²) in [7, 11) is 6.00. The summed E-state index contributed by atoms with van der Waals surface area (Å²) in [6.45, 7) is 3.65. The van der Waals surface area contributed by atoms with Gasteiger partial charge >= 0.3 is 5.97 Å². The van der Waals surface area contributed by atoms with Crippen molar-refractivity contribution in [1.29, 1.82) is 0 Å². The van der Waals surface area contributed by atoms with E-state index in [1.165, 1.54) is 44.3 Å². The highest BCUT2D eigenvalue weighted by atomic mass is 79.9. The molecule has 1 aliphatic heterocycles. The Balaban J connectivity index is 1.97. The number of terminal acetylenes is 1. The molecule has 2 aromatic carbocycles. The third-order valence-corrected chi connectivity index (χ3v) is 7.94. The smallest absolute Gasteiger partial charge is 0.338 e. The van der Waals surface area contributed by atoms with Crippen molar-refractivity contribution in [3.63, 3.8) is 0 Å². The molecule has 0 aliphatic carbocycles. The molecular weight excluding hydrogens is 628 g/mol. The van der Waals surface area contributed by atoms with E-state index in [-0.39, 0.29) is 24.3 Å². The van der Waals surface area contributed by atoms with E-state index in [9.17, 15) is 9.59 Å². The van der Waals surface area contributed by atoms with E-state index < -0.39 is 12.0 Å². The number of methoxy groups -OCH3 is 4. The maximum absolute atomic E-state index is 14.0. The lowest BCUT2D eigenvalue weighted by atomic mass is 9.95. The van der Waals surface area contributed by atoms with Crippen LogP contribution in [0.5, 0.6) is 28.7 Å². The molecule has 2 heterocycles. The SMILES string of the molecule is C#CCOc1c(Br)cc(/C=c2\sc3n(c2=O)[C@H](c2cc(OC)c(OC)c(OC)c2)C(C(=O)OCC)=C(C)N=3)cc1OC. The van der Waals surface area contributed by atoms with Crippen molar-refractivity contribution in [2.45, 2.75) is 19.9 Å². The van der Waals surface area contributed by atoms with E-state index in [0.29, 0.717) is 59.4 Å². The Labute approximate surface area is 254 Å². The molecule has 0 saturated carbocycles. The fourth-order valence-electron chi connectivity index (χ4n) is 4.59. The second-order valence-corrected chi connectivity index (χ2v) is 10.7. The summed E-state index contributed by atoms with van der Waals surface area (Å²) < 4.78 is 35.6. The maximum Gasteiger partial charge on any atom is 0.338 e. The van der Waals surface area contributed by atoms with E-state index in [4.69, 9.17) is 34.8 Å². The molecule has 0 N–H and O–H groups in total. The van der Waals surface area contributed by atoms with E-state index in [2.05, 4.69) is 26.8 Å². The highest BCUT2D eigenvalue weighted by Crippen LogP contribution is 2.42. The van der Waals surface area contributed by atoms with Crippen LogP contribution in [-0.2, 0) is 9.53 Å². The van der Waals surface area contributed by atoms with Gasteiger partial charge in [0, 0.05) is 0 Å². The van der Waals surface area contributed by atoms with Crippen molar-refractivity contribution in [3.05, 3.63) is 70.8 Å². The largest absolute Gasteiger partial charge is 0.493 e. The summed E-state index contributed by atoms with van der Waals surface area (Å²) in [5, 5.41) is 0. The third-order valence-electron chi connectivity index (χ3n) is 6.37. The minimum atomic E-state index is -0.878. The van der Waals surface area contributed by atoms with Gasteiger partial charge in [0.25, 0.3) is 5.56 Å². The zero-order valence-corrected chi connectivity index (χ0v) is 26.3. The van der Waals surface area contributed by atoms with Gasteiger partial charge in [-0.25, -0.2) is 9.79 Å². The second kappa shape index (κ2) is 13.2. The fraction of sp³-hybridized carbons (Fsp3) is 0.300. The van der Waals surface area contributed by atoms with Gasteiger partial charge in [0.15, 0.2) is 27.8 Å². The standard InChI is InChI=1S/C30H29BrN2O8S/c1-8-10-41-26-19(31)11-17(12-20(26)36-4)13-23-28(34)33-25(18-14-21(37-5)27(39-7)22(15-18)38-6)24(29(35)40-9-2)16(3)32-30(33)42-23/h1,11-15,25H,9-10H2,2-7H3/b23-13-/t25-/m1/s1. The minimum Gasteiger partial charge on any atom is -0.493 e. The number of benzene rings is 2. The molecule has 220 valence electrons. The molecule has 1 aromatic heterocycles. The lowest BCUT2D eigenvalue weighted by Crippen LogP contribution is -2.40. The number of aromatic nitrogens is 1. The van der Waals surface area contributed by atoms with Crippen LogP contribution < -0.4 is 38.6 Å². The Morgan fingerprint density at radius 1 is 1.07 bits per heavy atom. The first-order chi connectivity index (χ1) is 20.2. The monoisotopic (exact) mass is 656 g/mol. The molecule has 12 heteroatoms. The van der Waals surface area contributed by atoms with Crippen molar-refractivity contribution in [3.8, 4) is 41.1 Å². The minimum absolute atomic E-state index is 0.0655. The Hall–Kier alpha value is -4.21. The summed E-state index contributed by atoms with van der Waals surface area (Å²) in [5.74, 6) is 3.86. The molecule has 0 fully saturated rings. The zero-order chi connectivity index (χ0) is 30.6. The van der Waals surface area contributed by atoms with Crippen LogP contribution in [0.4, 0.5) is 0 Å². The number of thiazole rings is 1. The van der Waals surface area contributed by atoms with Gasteiger partial charge in [0.1, 0.15) is 6.61 Å². The molecule has 0 unspecified atom stereocenters. The van der Waals surface area contributed by atoms with Crippen LogP contribution in [0, 0.1) is 12.3 Å². The first kappa shape index (κ1) is 30.7. The van der Waals surface area contributed by atoms with E-state index >= 15 is 0 Å². The molecule has 42 heavy (non-hydrogen) atoms. The van der Waals surface area contributed by atoms with Crippen LogP contribution in [0.15, 0.2) is 49.8 Å². The topological polar surface area (TPSA) is 107 Å². The lowest BCUT2D eigenvalue weighted by Gasteiger charge is -2.26. The summed E-state index contributed by atoms with van der Waals surface area (Å²) in [6, 6.07) is 6.06. The van der Waals surface area contributed by atoms with Gasteiger partial charge in [0.05, 0.1) is 61.4 Å². The van der Waals surface area contributed by atoms with Crippen LogP contribution in [0.25, 0.3) is 6.08 Å². The summed E-state index contributed by atoms with van der Waals surface area (Å²) in [5.41, 5.74) is 1.52. The van der Waals surface area contributed by atoms with Crippen molar-refractivity contribution >= 4 is 39.3 Å². The quantitative estimate of drug-likeness (QED) is 0.241. The average molecular weight is 658 g/mol. The van der Waals surface area contributed by atoms with Crippen LogP contribution in [0.1, 0.15) is 31.0 Å².